The maximum atomic E-state index is 12.9. The Morgan fingerprint density at radius 2 is 2.17 bits per heavy atom. The second-order valence-electron chi connectivity index (χ2n) is 4.46. The molecule has 18 heavy (non-hydrogen) atoms. The van der Waals surface area contributed by atoms with Gasteiger partial charge in [0.15, 0.2) is 0 Å². The molecular formula is C11H14FN3O3. The number of carbonyl (C=O) groups is 2. The van der Waals surface area contributed by atoms with Crippen LogP contribution in [0, 0.1) is 11.2 Å². The number of halogens is 1. The number of hydrogen-bond donors (Lipinski definition) is 3. The smallest absolute Gasteiger partial charge is 0.339 e. The van der Waals surface area contributed by atoms with Crippen LogP contribution < -0.4 is 11.1 Å². The number of aromatic carboxylic acids is 1. The van der Waals surface area contributed by atoms with Gasteiger partial charge in [-0.3, -0.25) is 4.79 Å². The van der Waals surface area contributed by atoms with Gasteiger partial charge in [-0.25, -0.2) is 14.2 Å². The van der Waals surface area contributed by atoms with Crippen molar-refractivity contribution in [3.63, 3.8) is 0 Å². The number of carbonyl (C=O) groups excluding carboxylic acids is 1. The summed E-state index contributed by atoms with van der Waals surface area (Å²) in [6.07, 6.45) is 0.895. The molecule has 7 heteroatoms. The van der Waals surface area contributed by atoms with Crippen molar-refractivity contribution in [2.45, 2.75) is 13.8 Å². The molecule has 0 aromatic carbocycles. The highest BCUT2D eigenvalue weighted by molar-refractivity contribution is 5.93. The number of nitrogens with one attached hydrogen (secondary N) is 1. The molecule has 0 unspecified atom stereocenters. The van der Waals surface area contributed by atoms with Crippen molar-refractivity contribution >= 4 is 17.7 Å². The van der Waals surface area contributed by atoms with Gasteiger partial charge in [-0.1, -0.05) is 0 Å². The summed E-state index contributed by atoms with van der Waals surface area (Å²) in [6.45, 7) is 3.31. The second kappa shape index (κ2) is 4.99. The number of nitrogens with zero attached hydrogens (tertiary/aromatic N) is 1. The molecule has 0 saturated heterocycles. The lowest BCUT2D eigenvalue weighted by Crippen LogP contribution is -2.37. The van der Waals surface area contributed by atoms with E-state index in [-0.39, 0.29) is 17.9 Å². The topological polar surface area (TPSA) is 105 Å². The highest BCUT2D eigenvalue weighted by atomic mass is 19.1. The monoisotopic (exact) mass is 255 g/mol. The molecule has 6 nitrogen and oxygen atoms in total. The minimum atomic E-state index is -1.30. The van der Waals surface area contributed by atoms with Gasteiger partial charge in [-0.2, -0.15) is 0 Å². The van der Waals surface area contributed by atoms with E-state index in [2.05, 4.69) is 10.3 Å². The number of carboxylic acids is 1. The molecule has 4 N–H and O–H groups in total. The Morgan fingerprint density at radius 3 is 2.67 bits per heavy atom. The van der Waals surface area contributed by atoms with E-state index in [1.807, 2.05) is 0 Å². The summed E-state index contributed by atoms with van der Waals surface area (Å²) in [6, 6.07) is 0.856. The van der Waals surface area contributed by atoms with E-state index < -0.39 is 23.1 Å². The summed E-state index contributed by atoms with van der Waals surface area (Å²) < 4.78 is 12.9. The first-order valence-corrected chi connectivity index (χ1v) is 5.16. The predicted molar refractivity (Wildman–Crippen MR) is 62.6 cm³/mol. The number of primary amides is 1. The van der Waals surface area contributed by atoms with E-state index in [1.54, 1.807) is 13.8 Å². The zero-order valence-corrected chi connectivity index (χ0v) is 10.0. The van der Waals surface area contributed by atoms with Crippen molar-refractivity contribution in [1.29, 1.82) is 0 Å². The fourth-order valence-corrected chi connectivity index (χ4v) is 1.13. The number of anilines is 1. The first-order chi connectivity index (χ1) is 8.24. The van der Waals surface area contributed by atoms with Gasteiger partial charge in [0.2, 0.25) is 5.91 Å². The molecule has 1 heterocycles. The number of hydrogen-bond acceptors (Lipinski definition) is 4. The molecular weight excluding hydrogens is 241 g/mol. The van der Waals surface area contributed by atoms with Gasteiger partial charge < -0.3 is 16.2 Å². The molecule has 0 fully saturated rings. The maximum Gasteiger partial charge on any atom is 0.339 e. The lowest BCUT2D eigenvalue weighted by Gasteiger charge is -2.21. The second-order valence-corrected chi connectivity index (χ2v) is 4.46. The summed E-state index contributed by atoms with van der Waals surface area (Å²) in [7, 11) is 0. The fraction of sp³-hybridized carbons (Fsp3) is 0.364. The van der Waals surface area contributed by atoms with E-state index in [9.17, 15) is 14.0 Å². The van der Waals surface area contributed by atoms with E-state index >= 15 is 0 Å². The quantitative estimate of drug-likeness (QED) is 0.723. The number of aromatic nitrogens is 1. The lowest BCUT2D eigenvalue weighted by atomic mass is 9.93. The summed E-state index contributed by atoms with van der Waals surface area (Å²) in [5, 5.41) is 11.6. The minimum Gasteiger partial charge on any atom is -0.478 e. The molecule has 0 atom stereocenters. The van der Waals surface area contributed by atoms with Crippen LogP contribution in [-0.2, 0) is 4.79 Å². The molecule has 1 aromatic heterocycles. The first kappa shape index (κ1) is 13.9. The van der Waals surface area contributed by atoms with Crippen molar-refractivity contribution in [2.75, 3.05) is 11.9 Å². The molecule has 0 aliphatic rings. The lowest BCUT2D eigenvalue weighted by molar-refractivity contribution is -0.125. The third-order valence-corrected chi connectivity index (χ3v) is 2.45. The van der Waals surface area contributed by atoms with Gasteiger partial charge in [-0.05, 0) is 19.9 Å². The minimum absolute atomic E-state index is 0.00164. The summed E-state index contributed by atoms with van der Waals surface area (Å²) in [5.41, 5.74) is 4.02. The predicted octanol–water partition coefficient (Wildman–Crippen LogP) is 0.842. The van der Waals surface area contributed by atoms with Gasteiger partial charge in [0.25, 0.3) is 0 Å². The van der Waals surface area contributed by atoms with Crippen molar-refractivity contribution in [3.05, 3.63) is 23.6 Å². The average molecular weight is 255 g/mol. The SMILES string of the molecule is CC(C)(CNc1ncc(F)cc1C(=O)O)C(N)=O. The summed E-state index contributed by atoms with van der Waals surface area (Å²) >= 11 is 0. The standard InChI is InChI=1S/C11H14FN3O3/c1-11(2,10(13)18)5-15-8-7(9(16)17)3-6(12)4-14-8/h3-4H,5H2,1-2H3,(H2,13,18)(H,14,15)(H,16,17). The van der Waals surface area contributed by atoms with E-state index in [4.69, 9.17) is 10.8 Å². The highest BCUT2D eigenvalue weighted by Crippen LogP contribution is 2.18. The number of rotatable bonds is 5. The average Bonchev–Trinajstić information content (AvgIpc) is 2.27. The van der Waals surface area contributed by atoms with Crippen LogP contribution in [-0.4, -0.2) is 28.5 Å². The third-order valence-electron chi connectivity index (χ3n) is 2.45. The third kappa shape index (κ3) is 3.16. The van der Waals surface area contributed by atoms with Gasteiger partial charge in [0, 0.05) is 6.54 Å². The van der Waals surface area contributed by atoms with Crippen LogP contribution in [0.1, 0.15) is 24.2 Å². The molecule has 1 aromatic rings. The van der Waals surface area contributed by atoms with Crippen LogP contribution in [0.3, 0.4) is 0 Å². The van der Waals surface area contributed by atoms with Crippen LogP contribution in [0.4, 0.5) is 10.2 Å². The Hall–Kier alpha value is -2.18. The molecule has 0 bridgehead atoms. The van der Waals surface area contributed by atoms with Crippen LogP contribution in [0.5, 0.6) is 0 Å². The largest absolute Gasteiger partial charge is 0.478 e. The normalized spacial score (nSPS) is 11.1. The van der Waals surface area contributed by atoms with Crippen molar-refractivity contribution in [2.24, 2.45) is 11.1 Å². The summed E-state index contributed by atoms with van der Waals surface area (Å²) in [5.74, 6) is -2.58. The molecule has 0 aliphatic carbocycles. The van der Waals surface area contributed by atoms with Crippen LogP contribution in [0.25, 0.3) is 0 Å². The van der Waals surface area contributed by atoms with Crippen molar-refractivity contribution in [3.8, 4) is 0 Å². The van der Waals surface area contributed by atoms with Crippen molar-refractivity contribution in [1.82, 2.24) is 4.98 Å². The fourth-order valence-electron chi connectivity index (χ4n) is 1.13. The van der Waals surface area contributed by atoms with E-state index in [1.165, 1.54) is 0 Å². The van der Waals surface area contributed by atoms with Crippen LogP contribution in [0.15, 0.2) is 12.3 Å². The Morgan fingerprint density at radius 1 is 1.56 bits per heavy atom. The molecule has 98 valence electrons. The van der Waals surface area contributed by atoms with Gasteiger partial charge in [-0.15, -0.1) is 0 Å². The first-order valence-electron chi connectivity index (χ1n) is 5.16. The van der Waals surface area contributed by atoms with Gasteiger partial charge >= 0.3 is 5.97 Å². The van der Waals surface area contributed by atoms with E-state index in [0.717, 1.165) is 12.3 Å². The van der Waals surface area contributed by atoms with Crippen LogP contribution in [0.2, 0.25) is 0 Å². The molecule has 1 amide bonds. The number of nitrogens with two attached hydrogens (primary N) is 1. The number of amides is 1. The number of pyridine rings is 1. The maximum absolute atomic E-state index is 12.9. The molecule has 1 rings (SSSR count). The molecule has 0 aliphatic heterocycles. The summed E-state index contributed by atoms with van der Waals surface area (Å²) in [4.78, 5) is 25.6. The number of carboxylic acid groups (broad SMARTS) is 1. The Labute approximate surface area is 103 Å². The van der Waals surface area contributed by atoms with E-state index in [0.29, 0.717) is 0 Å². The highest BCUT2D eigenvalue weighted by Gasteiger charge is 2.25. The molecule has 0 saturated carbocycles. The Balaban J connectivity index is 2.92. The molecule has 0 spiro atoms. The Bertz CT molecular complexity index is 488. The van der Waals surface area contributed by atoms with Crippen molar-refractivity contribution < 1.29 is 19.1 Å². The zero-order valence-electron chi connectivity index (χ0n) is 10.0. The zero-order chi connectivity index (χ0) is 13.9. The van der Waals surface area contributed by atoms with Crippen LogP contribution >= 0.6 is 0 Å². The van der Waals surface area contributed by atoms with Gasteiger partial charge in [0.1, 0.15) is 17.2 Å². The Kier molecular flexibility index (Phi) is 3.85. The molecule has 0 radical (unpaired) electrons. The van der Waals surface area contributed by atoms with Gasteiger partial charge in [0.05, 0.1) is 11.6 Å².